The van der Waals surface area contributed by atoms with E-state index in [0.717, 1.165) is 0 Å². The summed E-state index contributed by atoms with van der Waals surface area (Å²) in [6.45, 7) is 1.35. The molecule has 1 amide bonds. The van der Waals surface area contributed by atoms with E-state index in [1.165, 1.54) is 0 Å². The summed E-state index contributed by atoms with van der Waals surface area (Å²) in [5, 5.41) is 2.60. The first kappa shape index (κ1) is 13.4. The van der Waals surface area contributed by atoms with Gasteiger partial charge in [0, 0.05) is 25.7 Å². The zero-order valence-electron chi connectivity index (χ0n) is 8.95. The highest BCUT2D eigenvalue weighted by Crippen LogP contribution is 2.14. The monoisotopic (exact) mass is 253 g/mol. The first-order chi connectivity index (χ1) is 7.49. The van der Waals surface area contributed by atoms with Crippen molar-refractivity contribution in [1.82, 2.24) is 5.32 Å². The van der Waals surface area contributed by atoms with Crippen molar-refractivity contribution in [3.05, 3.63) is 0 Å². The molecule has 0 radical (unpaired) electrons. The average Bonchev–Trinajstić information content (AvgIpc) is 2.24. The van der Waals surface area contributed by atoms with Crippen LogP contribution in [-0.4, -0.2) is 39.8 Å². The van der Waals surface area contributed by atoms with Crippen LogP contribution in [0.2, 0.25) is 0 Å². The Morgan fingerprint density at radius 1 is 1.38 bits per heavy atom. The van der Waals surface area contributed by atoms with Gasteiger partial charge in [-0.15, -0.1) is 3.89 Å². The first-order valence-electron chi connectivity index (χ1n) is 5.27. The summed E-state index contributed by atoms with van der Waals surface area (Å²) < 4.78 is 37.6. The van der Waals surface area contributed by atoms with Crippen molar-refractivity contribution in [2.75, 3.05) is 25.5 Å². The van der Waals surface area contributed by atoms with Crippen LogP contribution in [0.25, 0.3) is 0 Å². The lowest BCUT2D eigenvalue weighted by Crippen LogP contribution is -2.35. The van der Waals surface area contributed by atoms with Gasteiger partial charge in [0.05, 0.1) is 5.75 Å². The Morgan fingerprint density at radius 3 is 2.56 bits per heavy atom. The number of nitrogens with one attached hydrogen (secondary N) is 1. The van der Waals surface area contributed by atoms with Gasteiger partial charge >= 0.3 is 10.2 Å². The fourth-order valence-corrected chi connectivity index (χ4v) is 2.05. The highest BCUT2D eigenvalue weighted by atomic mass is 32.3. The predicted octanol–water partition coefficient (Wildman–Crippen LogP) is 0.219. The number of carbonyl (C=O) groups excluding carboxylic acids is 1. The van der Waals surface area contributed by atoms with Crippen LogP contribution in [0.4, 0.5) is 3.89 Å². The van der Waals surface area contributed by atoms with Gasteiger partial charge in [0.1, 0.15) is 0 Å². The molecule has 16 heavy (non-hydrogen) atoms. The molecule has 1 saturated heterocycles. The number of carbonyl (C=O) groups is 1. The van der Waals surface area contributed by atoms with Gasteiger partial charge in [-0.3, -0.25) is 4.79 Å². The van der Waals surface area contributed by atoms with Crippen molar-refractivity contribution in [3.8, 4) is 0 Å². The molecular formula is C9H16FNO4S. The molecule has 0 aromatic heterocycles. The standard InChI is InChI=1S/C9H16FNO4S/c10-16(13,14)7-1-4-11-9(12)8-2-5-15-6-3-8/h8H,1-7H2,(H,11,12). The van der Waals surface area contributed by atoms with Crippen LogP contribution < -0.4 is 5.32 Å². The third kappa shape index (κ3) is 5.41. The summed E-state index contributed by atoms with van der Waals surface area (Å²) in [6, 6.07) is 0. The van der Waals surface area contributed by atoms with Crippen molar-refractivity contribution < 1.29 is 21.8 Å². The van der Waals surface area contributed by atoms with Gasteiger partial charge in [-0.05, 0) is 19.3 Å². The number of hydrogen-bond donors (Lipinski definition) is 1. The smallest absolute Gasteiger partial charge is 0.302 e. The van der Waals surface area contributed by atoms with Gasteiger partial charge in [0.2, 0.25) is 5.91 Å². The SMILES string of the molecule is O=C(NCCCS(=O)(=O)F)C1CCOCC1. The minimum absolute atomic E-state index is 0.0595. The molecular weight excluding hydrogens is 237 g/mol. The first-order valence-corrected chi connectivity index (χ1v) is 6.82. The van der Waals surface area contributed by atoms with Crippen molar-refractivity contribution in [2.45, 2.75) is 19.3 Å². The van der Waals surface area contributed by atoms with E-state index in [4.69, 9.17) is 4.74 Å². The van der Waals surface area contributed by atoms with E-state index in [0.29, 0.717) is 26.1 Å². The van der Waals surface area contributed by atoms with E-state index in [2.05, 4.69) is 5.32 Å². The van der Waals surface area contributed by atoms with E-state index in [1.54, 1.807) is 0 Å². The lowest BCUT2D eigenvalue weighted by molar-refractivity contribution is -0.127. The van der Waals surface area contributed by atoms with Gasteiger partial charge < -0.3 is 10.1 Å². The van der Waals surface area contributed by atoms with E-state index in [-0.39, 0.29) is 24.8 Å². The number of rotatable bonds is 5. The molecule has 0 aromatic rings. The number of amides is 1. The van der Waals surface area contributed by atoms with Crippen LogP contribution in [0, 0.1) is 5.92 Å². The van der Waals surface area contributed by atoms with Gasteiger partial charge in [0.25, 0.3) is 0 Å². The Hall–Kier alpha value is -0.690. The molecule has 1 aliphatic heterocycles. The molecule has 1 fully saturated rings. The Bertz CT molecular complexity index is 324. The molecule has 0 unspecified atom stereocenters. The molecule has 94 valence electrons. The maximum atomic E-state index is 12.1. The maximum absolute atomic E-state index is 12.1. The highest BCUT2D eigenvalue weighted by Gasteiger charge is 2.21. The topological polar surface area (TPSA) is 72.5 Å². The van der Waals surface area contributed by atoms with Crippen LogP contribution in [-0.2, 0) is 19.8 Å². The summed E-state index contributed by atoms with van der Waals surface area (Å²) in [5.41, 5.74) is 0. The molecule has 0 bridgehead atoms. The average molecular weight is 253 g/mol. The van der Waals surface area contributed by atoms with Crippen LogP contribution in [0.1, 0.15) is 19.3 Å². The largest absolute Gasteiger partial charge is 0.381 e. The molecule has 1 rings (SSSR count). The van der Waals surface area contributed by atoms with E-state index in [1.807, 2.05) is 0 Å². The highest BCUT2D eigenvalue weighted by molar-refractivity contribution is 7.86. The van der Waals surface area contributed by atoms with Crippen LogP contribution >= 0.6 is 0 Å². The fourth-order valence-electron chi connectivity index (χ4n) is 1.56. The Kier molecular flexibility index (Phi) is 5.14. The second-order valence-corrected chi connectivity index (χ2v) is 5.26. The third-order valence-electron chi connectivity index (χ3n) is 2.46. The zero-order chi connectivity index (χ0) is 12.0. The minimum Gasteiger partial charge on any atom is -0.381 e. The van der Waals surface area contributed by atoms with Crippen LogP contribution in [0.3, 0.4) is 0 Å². The number of halogens is 1. The molecule has 1 N–H and O–H groups in total. The van der Waals surface area contributed by atoms with Gasteiger partial charge in [0.15, 0.2) is 0 Å². The summed E-state index contributed by atoms with van der Waals surface area (Å²) in [4.78, 5) is 11.5. The molecule has 0 aromatic carbocycles. The number of hydrogen-bond acceptors (Lipinski definition) is 4. The summed E-state index contributed by atoms with van der Waals surface area (Å²) >= 11 is 0. The van der Waals surface area contributed by atoms with Crippen molar-refractivity contribution in [1.29, 1.82) is 0 Å². The number of ether oxygens (including phenoxy) is 1. The van der Waals surface area contributed by atoms with E-state index < -0.39 is 16.0 Å². The van der Waals surface area contributed by atoms with Crippen LogP contribution in [0.15, 0.2) is 0 Å². The Balaban J connectivity index is 2.14. The molecule has 0 saturated carbocycles. The summed E-state index contributed by atoms with van der Waals surface area (Å²) in [5.74, 6) is -0.698. The molecule has 0 spiro atoms. The lowest BCUT2D eigenvalue weighted by atomic mass is 9.99. The minimum atomic E-state index is -4.42. The van der Waals surface area contributed by atoms with Crippen molar-refractivity contribution >= 4 is 16.1 Å². The quantitative estimate of drug-likeness (QED) is 0.562. The molecule has 0 aliphatic carbocycles. The summed E-state index contributed by atoms with van der Waals surface area (Å²) in [7, 11) is -4.42. The fraction of sp³-hybridized carbons (Fsp3) is 0.889. The van der Waals surface area contributed by atoms with Gasteiger partial charge in [-0.1, -0.05) is 0 Å². The predicted molar refractivity (Wildman–Crippen MR) is 56.1 cm³/mol. The van der Waals surface area contributed by atoms with E-state index in [9.17, 15) is 17.1 Å². The molecule has 1 heterocycles. The van der Waals surface area contributed by atoms with Crippen molar-refractivity contribution in [3.63, 3.8) is 0 Å². The third-order valence-corrected chi connectivity index (χ3v) is 3.23. The molecule has 1 aliphatic rings. The maximum Gasteiger partial charge on any atom is 0.302 e. The Labute approximate surface area is 94.6 Å². The zero-order valence-corrected chi connectivity index (χ0v) is 9.76. The van der Waals surface area contributed by atoms with E-state index >= 15 is 0 Å². The molecule has 0 atom stereocenters. The van der Waals surface area contributed by atoms with Crippen molar-refractivity contribution in [2.24, 2.45) is 5.92 Å². The molecule has 5 nitrogen and oxygen atoms in total. The second kappa shape index (κ2) is 6.15. The second-order valence-electron chi connectivity index (χ2n) is 3.77. The lowest BCUT2D eigenvalue weighted by Gasteiger charge is -2.21. The summed E-state index contributed by atoms with van der Waals surface area (Å²) in [6.07, 6.45) is 1.48. The van der Waals surface area contributed by atoms with Gasteiger partial charge in [-0.2, -0.15) is 8.42 Å². The van der Waals surface area contributed by atoms with Gasteiger partial charge in [-0.25, -0.2) is 0 Å². The Morgan fingerprint density at radius 2 is 2.00 bits per heavy atom. The normalized spacial score (nSPS) is 18.3. The van der Waals surface area contributed by atoms with Crippen LogP contribution in [0.5, 0.6) is 0 Å². The molecule has 7 heteroatoms.